The zero-order valence-electron chi connectivity index (χ0n) is 25.2. The van der Waals surface area contributed by atoms with E-state index in [4.69, 9.17) is 5.73 Å². The van der Waals surface area contributed by atoms with Crippen LogP contribution in [0.5, 0.6) is 0 Å². The third kappa shape index (κ3) is 10.4. The Morgan fingerprint density at radius 2 is 1.69 bits per heavy atom. The number of carbonyl (C=O) groups is 5. The normalized spacial score (nSPS) is 24.5. The molecule has 42 heavy (non-hydrogen) atoms. The van der Waals surface area contributed by atoms with E-state index >= 15 is 0 Å². The van der Waals surface area contributed by atoms with Gasteiger partial charge in [0.05, 0.1) is 5.82 Å². The maximum absolute atomic E-state index is 13.6. The lowest BCUT2D eigenvalue weighted by Gasteiger charge is -2.33. The Labute approximate surface area is 248 Å². The lowest BCUT2D eigenvalue weighted by atomic mass is 9.91. The van der Waals surface area contributed by atoms with Crippen LogP contribution in [-0.4, -0.2) is 60.2 Å². The zero-order valence-corrected chi connectivity index (χ0v) is 25.2. The van der Waals surface area contributed by atoms with Gasteiger partial charge in [-0.2, -0.15) is 0 Å². The van der Waals surface area contributed by atoms with E-state index in [-0.39, 0.29) is 42.8 Å². The smallest absolute Gasteiger partial charge is 0.247 e. The van der Waals surface area contributed by atoms with E-state index < -0.39 is 41.4 Å². The molecule has 4 atom stereocenters. The number of nitrogens with two attached hydrogens (primary N) is 1. The SMILES string of the molecule is C=C(N)NCCC[C@@H]1NC(=O)[C@](C)(NC(=O)C(C)C)CCCCNC(=O)[C@@H](c2ccccc2)NC(=O)[C@H](CC)NC1=O. The highest BCUT2D eigenvalue weighted by molar-refractivity contribution is 5.97. The van der Waals surface area contributed by atoms with Crippen LogP contribution in [0.3, 0.4) is 0 Å². The Morgan fingerprint density at radius 1 is 1.02 bits per heavy atom. The van der Waals surface area contributed by atoms with Crippen LogP contribution in [-0.2, 0) is 24.0 Å². The van der Waals surface area contributed by atoms with Crippen molar-refractivity contribution in [3.63, 3.8) is 0 Å². The molecule has 1 fully saturated rings. The zero-order chi connectivity index (χ0) is 31.3. The van der Waals surface area contributed by atoms with Crippen molar-refractivity contribution < 1.29 is 24.0 Å². The molecule has 12 heteroatoms. The van der Waals surface area contributed by atoms with Crippen molar-refractivity contribution in [2.45, 2.75) is 89.9 Å². The molecule has 1 aliphatic heterocycles. The van der Waals surface area contributed by atoms with Gasteiger partial charge in [0.2, 0.25) is 29.5 Å². The predicted molar refractivity (Wildman–Crippen MR) is 160 cm³/mol. The fourth-order valence-corrected chi connectivity index (χ4v) is 4.52. The number of hydrogen-bond donors (Lipinski definition) is 7. The van der Waals surface area contributed by atoms with Crippen molar-refractivity contribution in [2.24, 2.45) is 11.7 Å². The molecule has 1 aromatic carbocycles. The summed E-state index contributed by atoms with van der Waals surface area (Å²) in [6, 6.07) is 5.96. The standard InChI is InChI=1S/C30H47N7O5/c1-6-22-26(39)36-24(21-13-8-7-9-14-21)28(41)33-17-11-10-16-30(5,37-25(38)19(2)3)29(42)35-23(27(40)34-22)15-12-18-32-20(4)31/h7-9,13-14,19,22-24,32H,4,6,10-12,15-18,31H2,1-3,5H3,(H,33,41)(H,34,40)(H,35,42)(H,36,39)(H,37,38)/t22-,23-,24+,30+/m0/s1. The number of nitrogens with one attached hydrogen (secondary N) is 6. The monoisotopic (exact) mass is 585 g/mol. The molecule has 12 nitrogen and oxygen atoms in total. The van der Waals surface area contributed by atoms with E-state index in [1.54, 1.807) is 52.0 Å². The Bertz CT molecular complexity index is 1110. The largest absolute Gasteiger partial charge is 0.386 e. The molecule has 0 radical (unpaired) electrons. The van der Waals surface area contributed by atoms with Crippen LogP contribution in [0.15, 0.2) is 42.7 Å². The molecular formula is C30H47N7O5. The Hall–Kier alpha value is -4.09. The molecule has 1 aliphatic rings. The fourth-order valence-electron chi connectivity index (χ4n) is 4.52. The van der Waals surface area contributed by atoms with Gasteiger partial charge < -0.3 is 37.6 Å². The second-order valence-corrected chi connectivity index (χ2v) is 11.2. The van der Waals surface area contributed by atoms with Crippen LogP contribution in [0.2, 0.25) is 0 Å². The first-order chi connectivity index (χ1) is 19.9. The summed E-state index contributed by atoms with van der Waals surface area (Å²) in [6.07, 6.45) is 2.26. The molecule has 0 spiro atoms. The van der Waals surface area contributed by atoms with Gasteiger partial charge in [-0.3, -0.25) is 24.0 Å². The summed E-state index contributed by atoms with van der Waals surface area (Å²) in [6.45, 7) is 11.2. The second-order valence-electron chi connectivity index (χ2n) is 11.2. The minimum absolute atomic E-state index is 0.235. The van der Waals surface area contributed by atoms with Crippen molar-refractivity contribution in [2.75, 3.05) is 13.1 Å². The van der Waals surface area contributed by atoms with Crippen molar-refractivity contribution in [3.05, 3.63) is 48.3 Å². The summed E-state index contributed by atoms with van der Waals surface area (Å²) in [5.41, 5.74) is 4.88. The van der Waals surface area contributed by atoms with Crippen LogP contribution in [0.4, 0.5) is 0 Å². The molecule has 8 N–H and O–H groups in total. The summed E-state index contributed by atoms with van der Waals surface area (Å²) in [4.78, 5) is 66.4. The summed E-state index contributed by atoms with van der Waals surface area (Å²) in [5, 5.41) is 17.0. The molecule has 1 aromatic rings. The molecule has 2 rings (SSSR count). The number of carbonyl (C=O) groups excluding carboxylic acids is 5. The topological polar surface area (TPSA) is 184 Å². The molecule has 1 heterocycles. The quantitative estimate of drug-likeness (QED) is 0.210. The van der Waals surface area contributed by atoms with Gasteiger partial charge in [0.15, 0.2) is 0 Å². The Morgan fingerprint density at radius 3 is 2.31 bits per heavy atom. The highest BCUT2D eigenvalue weighted by Crippen LogP contribution is 2.18. The summed E-state index contributed by atoms with van der Waals surface area (Å²) in [7, 11) is 0. The lowest BCUT2D eigenvalue weighted by Crippen LogP contribution is -2.62. The van der Waals surface area contributed by atoms with Crippen molar-refractivity contribution in [1.29, 1.82) is 0 Å². The van der Waals surface area contributed by atoms with Crippen LogP contribution in [0.25, 0.3) is 0 Å². The molecule has 1 saturated heterocycles. The van der Waals surface area contributed by atoms with Crippen molar-refractivity contribution in [3.8, 4) is 0 Å². The van der Waals surface area contributed by atoms with E-state index in [0.717, 1.165) is 0 Å². The Balaban J connectivity index is 2.41. The number of rotatable bonds is 9. The van der Waals surface area contributed by atoms with Crippen LogP contribution >= 0.6 is 0 Å². The van der Waals surface area contributed by atoms with E-state index in [2.05, 4.69) is 38.5 Å². The average Bonchev–Trinajstić information content (AvgIpc) is 2.95. The molecule has 0 bridgehead atoms. The molecule has 5 amide bonds. The third-order valence-corrected chi connectivity index (χ3v) is 7.19. The van der Waals surface area contributed by atoms with Crippen molar-refractivity contribution >= 4 is 29.5 Å². The van der Waals surface area contributed by atoms with Gasteiger partial charge in [-0.1, -0.05) is 57.7 Å². The van der Waals surface area contributed by atoms with E-state index in [1.165, 1.54) is 0 Å². The Kier molecular flexibility index (Phi) is 13.3. The molecule has 0 aliphatic carbocycles. The second kappa shape index (κ2) is 16.4. The van der Waals surface area contributed by atoms with Gasteiger partial charge in [-0.25, -0.2) is 0 Å². The number of benzene rings is 1. The highest BCUT2D eigenvalue weighted by atomic mass is 16.2. The van der Waals surface area contributed by atoms with Crippen LogP contribution in [0.1, 0.15) is 77.8 Å². The molecule has 232 valence electrons. The van der Waals surface area contributed by atoms with Gasteiger partial charge >= 0.3 is 0 Å². The van der Waals surface area contributed by atoms with Crippen molar-refractivity contribution in [1.82, 2.24) is 31.9 Å². The van der Waals surface area contributed by atoms with Gasteiger partial charge in [0.25, 0.3) is 0 Å². The maximum atomic E-state index is 13.6. The minimum Gasteiger partial charge on any atom is -0.386 e. The first-order valence-electron chi connectivity index (χ1n) is 14.6. The van der Waals surface area contributed by atoms with Crippen LogP contribution in [0, 0.1) is 5.92 Å². The predicted octanol–water partition coefficient (Wildman–Crippen LogP) is 0.854. The van der Waals surface area contributed by atoms with E-state index in [9.17, 15) is 24.0 Å². The van der Waals surface area contributed by atoms with E-state index in [1.807, 2.05) is 6.07 Å². The molecule has 0 aromatic heterocycles. The molecule has 0 saturated carbocycles. The highest BCUT2D eigenvalue weighted by Gasteiger charge is 2.38. The van der Waals surface area contributed by atoms with Gasteiger partial charge in [-0.15, -0.1) is 0 Å². The van der Waals surface area contributed by atoms with Gasteiger partial charge in [-0.05, 0) is 51.0 Å². The average molecular weight is 586 g/mol. The summed E-state index contributed by atoms with van der Waals surface area (Å²) < 4.78 is 0. The third-order valence-electron chi connectivity index (χ3n) is 7.19. The molecule has 0 unspecified atom stereocenters. The lowest BCUT2D eigenvalue weighted by molar-refractivity contribution is -0.137. The first-order valence-corrected chi connectivity index (χ1v) is 14.6. The van der Waals surface area contributed by atoms with Gasteiger partial charge in [0.1, 0.15) is 23.7 Å². The number of hydrogen-bond acceptors (Lipinski definition) is 7. The van der Waals surface area contributed by atoms with Gasteiger partial charge in [0, 0.05) is 19.0 Å². The maximum Gasteiger partial charge on any atom is 0.247 e. The van der Waals surface area contributed by atoms with E-state index in [0.29, 0.717) is 37.9 Å². The summed E-state index contributed by atoms with van der Waals surface area (Å²) in [5.74, 6) is -2.35. The first kappa shape index (κ1) is 34.1. The summed E-state index contributed by atoms with van der Waals surface area (Å²) >= 11 is 0. The minimum atomic E-state index is -1.31. The fraction of sp³-hybridized carbons (Fsp3) is 0.567. The molecular weight excluding hydrogens is 538 g/mol. The van der Waals surface area contributed by atoms with Crippen LogP contribution < -0.4 is 37.6 Å². The number of amides is 5.